The summed E-state index contributed by atoms with van der Waals surface area (Å²) >= 11 is 0. The summed E-state index contributed by atoms with van der Waals surface area (Å²) in [4.78, 5) is 38.5. The minimum Gasteiger partial charge on any atom is -0.335 e. The Balaban J connectivity index is 1.58. The maximum Gasteiger partial charge on any atom is 0.272 e. The molecule has 0 aliphatic rings. The molecular formula is C30H29N5O3. The van der Waals surface area contributed by atoms with E-state index < -0.39 is 23.4 Å². The molecule has 2 amide bonds. The largest absolute Gasteiger partial charge is 0.335 e. The molecule has 3 aromatic carbocycles. The molecular weight excluding hydrogens is 478 g/mol. The minimum atomic E-state index is -1.21. The molecule has 0 unspecified atom stereocenters. The van der Waals surface area contributed by atoms with Gasteiger partial charge in [-0.15, -0.1) is 0 Å². The SMILES string of the molecule is C/C(C=NNC(=O)[C@H](NC(=O)c1ccccc1)c1n[nH]c(=O)c2ccccc12)=C\c1ccc(C(C)C)cc1. The topological polar surface area (TPSA) is 116 Å². The Morgan fingerprint density at radius 1 is 0.921 bits per heavy atom. The normalized spacial score (nSPS) is 12.6. The molecule has 1 heterocycles. The van der Waals surface area contributed by atoms with Crippen LogP contribution in [-0.2, 0) is 4.79 Å². The number of amides is 2. The van der Waals surface area contributed by atoms with Crippen molar-refractivity contribution in [3.63, 3.8) is 0 Å². The molecule has 8 heteroatoms. The third-order valence-corrected chi connectivity index (χ3v) is 6.01. The number of benzene rings is 3. The van der Waals surface area contributed by atoms with E-state index in [-0.39, 0.29) is 5.69 Å². The number of aromatic nitrogens is 2. The lowest BCUT2D eigenvalue weighted by Crippen LogP contribution is -2.40. The summed E-state index contributed by atoms with van der Waals surface area (Å²) < 4.78 is 0. The van der Waals surface area contributed by atoms with Gasteiger partial charge < -0.3 is 5.32 Å². The van der Waals surface area contributed by atoms with Crippen molar-refractivity contribution in [3.05, 3.63) is 117 Å². The average Bonchev–Trinajstić information content (AvgIpc) is 2.93. The second kappa shape index (κ2) is 11.9. The van der Waals surface area contributed by atoms with Crippen LogP contribution >= 0.6 is 0 Å². The molecule has 1 aromatic heterocycles. The Morgan fingerprint density at radius 2 is 1.58 bits per heavy atom. The molecule has 0 bridgehead atoms. The number of carbonyl (C=O) groups excluding carboxylic acids is 2. The van der Waals surface area contributed by atoms with Crippen molar-refractivity contribution in [2.75, 3.05) is 0 Å². The van der Waals surface area contributed by atoms with Gasteiger partial charge in [-0.05, 0) is 47.7 Å². The van der Waals surface area contributed by atoms with Crippen LogP contribution in [0.25, 0.3) is 16.8 Å². The maximum absolute atomic E-state index is 13.3. The number of allylic oxidation sites excluding steroid dienone is 1. The van der Waals surface area contributed by atoms with Crippen LogP contribution in [0.1, 0.15) is 59.9 Å². The number of H-pyrrole nitrogens is 1. The van der Waals surface area contributed by atoms with Gasteiger partial charge in [0.1, 0.15) is 5.69 Å². The highest BCUT2D eigenvalue weighted by atomic mass is 16.2. The smallest absolute Gasteiger partial charge is 0.272 e. The number of rotatable bonds is 8. The van der Waals surface area contributed by atoms with Gasteiger partial charge in [0.2, 0.25) is 0 Å². The number of aromatic amines is 1. The molecule has 0 radical (unpaired) electrons. The summed E-state index contributed by atoms with van der Waals surface area (Å²) in [6.07, 6.45) is 3.48. The van der Waals surface area contributed by atoms with Gasteiger partial charge in [0, 0.05) is 10.9 Å². The van der Waals surface area contributed by atoms with Gasteiger partial charge in [0.25, 0.3) is 17.4 Å². The molecule has 1 atom stereocenters. The fourth-order valence-electron chi connectivity index (χ4n) is 3.96. The van der Waals surface area contributed by atoms with E-state index in [0.29, 0.717) is 22.3 Å². The van der Waals surface area contributed by atoms with Crippen molar-refractivity contribution >= 4 is 34.9 Å². The number of nitrogens with one attached hydrogen (secondary N) is 3. The second-order valence-electron chi connectivity index (χ2n) is 9.20. The summed E-state index contributed by atoms with van der Waals surface area (Å²) in [5.41, 5.74) is 5.79. The van der Waals surface area contributed by atoms with Gasteiger partial charge >= 0.3 is 0 Å². The zero-order valence-corrected chi connectivity index (χ0v) is 21.4. The third-order valence-electron chi connectivity index (χ3n) is 6.01. The van der Waals surface area contributed by atoms with Crippen LogP contribution in [0.5, 0.6) is 0 Å². The molecule has 0 saturated heterocycles. The van der Waals surface area contributed by atoms with Crippen LogP contribution < -0.4 is 16.3 Å². The Morgan fingerprint density at radius 3 is 2.26 bits per heavy atom. The lowest BCUT2D eigenvalue weighted by Gasteiger charge is -2.18. The van der Waals surface area contributed by atoms with Crippen molar-refractivity contribution in [2.24, 2.45) is 5.10 Å². The van der Waals surface area contributed by atoms with Crippen LogP contribution in [0, 0.1) is 0 Å². The number of hydrogen-bond acceptors (Lipinski definition) is 5. The van der Waals surface area contributed by atoms with Crippen LogP contribution in [0.2, 0.25) is 0 Å². The summed E-state index contributed by atoms with van der Waals surface area (Å²) in [6, 6.07) is 22.3. The van der Waals surface area contributed by atoms with Gasteiger partial charge in [0.05, 0.1) is 11.6 Å². The van der Waals surface area contributed by atoms with E-state index in [1.54, 1.807) is 54.6 Å². The third kappa shape index (κ3) is 6.28. The van der Waals surface area contributed by atoms with Crippen molar-refractivity contribution < 1.29 is 9.59 Å². The molecule has 4 aromatic rings. The fourth-order valence-corrected chi connectivity index (χ4v) is 3.96. The minimum absolute atomic E-state index is 0.203. The monoisotopic (exact) mass is 507 g/mol. The van der Waals surface area contributed by atoms with E-state index in [1.807, 2.05) is 25.1 Å². The van der Waals surface area contributed by atoms with Crippen LogP contribution in [0.3, 0.4) is 0 Å². The first-order chi connectivity index (χ1) is 18.3. The highest BCUT2D eigenvalue weighted by Crippen LogP contribution is 2.21. The van der Waals surface area contributed by atoms with Crippen molar-refractivity contribution in [1.82, 2.24) is 20.9 Å². The lowest BCUT2D eigenvalue weighted by atomic mass is 10.0. The lowest BCUT2D eigenvalue weighted by molar-refractivity contribution is -0.123. The van der Waals surface area contributed by atoms with Gasteiger partial charge in [-0.3, -0.25) is 14.4 Å². The van der Waals surface area contributed by atoms with E-state index in [4.69, 9.17) is 0 Å². The van der Waals surface area contributed by atoms with Gasteiger partial charge in [0.15, 0.2) is 6.04 Å². The van der Waals surface area contributed by atoms with E-state index in [2.05, 4.69) is 52.0 Å². The predicted octanol–water partition coefficient (Wildman–Crippen LogP) is 4.72. The van der Waals surface area contributed by atoms with E-state index in [0.717, 1.165) is 11.1 Å². The van der Waals surface area contributed by atoms with Gasteiger partial charge in [-0.2, -0.15) is 10.2 Å². The average molecular weight is 508 g/mol. The number of hydrogen-bond donors (Lipinski definition) is 3. The number of carbonyl (C=O) groups is 2. The molecule has 0 fully saturated rings. The van der Waals surface area contributed by atoms with Crippen LogP contribution in [0.4, 0.5) is 0 Å². The van der Waals surface area contributed by atoms with E-state index in [9.17, 15) is 14.4 Å². The molecule has 3 N–H and O–H groups in total. The first kappa shape index (κ1) is 26.2. The Kier molecular flexibility index (Phi) is 8.23. The predicted molar refractivity (Wildman–Crippen MR) is 150 cm³/mol. The first-order valence-corrected chi connectivity index (χ1v) is 12.3. The summed E-state index contributed by atoms with van der Waals surface area (Å²) in [6.45, 7) is 6.16. The summed E-state index contributed by atoms with van der Waals surface area (Å²) in [5.74, 6) is -0.618. The fraction of sp³-hybridized carbons (Fsp3) is 0.167. The standard InChI is InChI=1S/C30H29N5O3/c1-19(2)22-15-13-21(14-16-22)17-20(3)18-31-34-30(38)27(32-28(36)23-9-5-4-6-10-23)26-24-11-7-8-12-25(24)29(37)35-33-26/h4-19,27H,1-3H3,(H,32,36)(H,34,38)(H,35,37)/b20-17+,31-18?/t27-/m1/s1. The molecule has 0 aliphatic heterocycles. The first-order valence-electron chi connectivity index (χ1n) is 12.3. The molecule has 8 nitrogen and oxygen atoms in total. The van der Waals surface area contributed by atoms with Crippen molar-refractivity contribution in [1.29, 1.82) is 0 Å². The van der Waals surface area contributed by atoms with Gasteiger partial charge in [-0.1, -0.05) is 80.6 Å². The molecule has 0 saturated carbocycles. The van der Waals surface area contributed by atoms with E-state index >= 15 is 0 Å². The number of hydrazone groups is 1. The maximum atomic E-state index is 13.3. The molecule has 4 rings (SSSR count). The van der Waals surface area contributed by atoms with Crippen LogP contribution in [0.15, 0.2) is 94.3 Å². The van der Waals surface area contributed by atoms with Crippen molar-refractivity contribution in [3.8, 4) is 0 Å². The quantitative estimate of drug-likeness (QED) is 0.236. The number of nitrogens with zero attached hydrogens (tertiary/aromatic N) is 2. The second-order valence-corrected chi connectivity index (χ2v) is 9.20. The Labute approximate surface area is 220 Å². The zero-order valence-electron chi connectivity index (χ0n) is 21.4. The van der Waals surface area contributed by atoms with Gasteiger partial charge in [-0.25, -0.2) is 10.5 Å². The molecule has 0 spiro atoms. The zero-order chi connectivity index (χ0) is 27.1. The molecule has 38 heavy (non-hydrogen) atoms. The molecule has 192 valence electrons. The summed E-state index contributed by atoms with van der Waals surface area (Å²) in [5, 5.41) is 14.2. The van der Waals surface area contributed by atoms with Crippen LogP contribution in [-0.4, -0.2) is 28.2 Å². The van der Waals surface area contributed by atoms with E-state index in [1.165, 1.54) is 11.8 Å². The Bertz CT molecular complexity index is 1550. The van der Waals surface area contributed by atoms with Crippen molar-refractivity contribution in [2.45, 2.75) is 32.7 Å². The number of fused-ring (bicyclic) bond motifs is 1. The highest BCUT2D eigenvalue weighted by molar-refractivity contribution is 5.99. The molecule has 0 aliphatic carbocycles. The Hall–Kier alpha value is -4.85. The highest BCUT2D eigenvalue weighted by Gasteiger charge is 2.27. The summed E-state index contributed by atoms with van der Waals surface area (Å²) in [7, 11) is 0.